The van der Waals surface area contributed by atoms with Crippen molar-refractivity contribution in [3.8, 4) is 5.69 Å². The summed E-state index contributed by atoms with van der Waals surface area (Å²) in [6.07, 6.45) is 6.91. The van der Waals surface area contributed by atoms with Crippen LogP contribution in [-0.2, 0) is 12.0 Å². The number of tetrazole rings is 1. The van der Waals surface area contributed by atoms with Crippen LogP contribution in [0.15, 0.2) is 18.2 Å². The van der Waals surface area contributed by atoms with E-state index in [9.17, 15) is 0 Å². The van der Waals surface area contributed by atoms with Gasteiger partial charge >= 0.3 is 0 Å². The highest BCUT2D eigenvalue weighted by atomic mass is 15.6. The first-order valence-corrected chi connectivity index (χ1v) is 8.28. The number of aromatic nitrogens is 4. The van der Waals surface area contributed by atoms with Gasteiger partial charge in [-0.05, 0) is 54.8 Å². The van der Waals surface area contributed by atoms with Gasteiger partial charge in [0.15, 0.2) is 5.82 Å². The van der Waals surface area contributed by atoms with E-state index < -0.39 is 0 Å². The van der Waals surface area contributed by atoms with Crippen LogP contribution in [-0.4, -0.2) is 27.3 Å². The van der Waals surface area contributed by atoms with Crippen LogP contribution in [0.1, 0.15) is 56.0 Å². The minimum absolute atomic E-state index is 0.102. The molecule has 1 aromatic heterocycles. The molecule has 0 saturated heterocycles. The smallest absolute Gasteiger partial charge is 0.176 e. The van der Waals surface area contributed by atoms with Crippen molar-refractivity contribution < 1.29 is 0 Å². The Balaban J connectivity index is 2.13. The first-order valence-electron chi connectivity index (χ1n) is 8.28. The third-order valence-corrected chi connectivity index (χ3v) is 5.00. The first-order chi connectivity index (χ1) is 10.7. The van der Waals surface area contributed by atoms with Gasteiger partial charge in [-0.2, -0.15) is 4.68 Å². The third-order valence-electron chi connectivity index (χ3n) is 5.00. The Morgan fingerprint density at radius 3 is 2.68 bits per heavy atom. The first kappa shape index (κ1) is 15.2. The summed E-state index contributed by atoms with van der Waals surface area (Å²) in [7, 11) is 2.03. The van der Waals surface area contributed by atoms with E-state index in [0.29, 0.717) is 0 Å². The number of para-hydroxylation sites is 1. The van der Waals surface area contributed by atoms with Gasteiger partial charge in [0.25, 0.3) is 0 Å². The zero-order valence-corrected chi connectivity index (χ0v) is 13.8. The average molecular weight is 299 g/mol. The van der Waals surface area contributed by atoms with Crippen molar-refractivity contribution in [2.24, 2.45) is 0 Å². The maximum absolute atomic E-state index is 4.42. The predicted octanol–water partition coefficient (Wildman–Crippen LogP) is 2.91. The number of benzene rings is 1. The summed E-state index contributed by atoms with van der Waals surface area (Å²) in [5, 5.41) is 16.3. The van der Waals surface area contributed by atoms with Gasteiger partial charge in [-0.15, -0.1) is 5.10 Å². The zero-order chi connectivity index (χ0) is 15.6. The molecule has 2 aromatic rings. The van der Waals surface area contributed by atoms with Gasteiger partial charge in [0.2, 0.25) is 0 Å². The molecule has 22 heavy (non-hydrogen) atoms. The van der Waals surface area contributed by atoms with Gasteiger partial charge in [0.1, 0.15) is 0 Å². The van der Waals surface area contributed by atoms with Gasteiger partial charge < -0.3 is 5.32 Å². The summed E-state index contributed by atoms with van der Waals surface area (Å²) < 4.78 is 1.97. The van der Waals surface area contributed by atoms with E-state index in [1.54, 1.807) is 0 Å². The van der Waals surface area contributed by atoms with Crippen molar-refractivity contribution in [3.63, 3.8) is 0 Å². The fraction of sp³-hybridized carbons (Fsp3) is 0.588. The summed E-state index contributed by atoms with van der Waals surface area (Å²) in [5.41, 5.74) is 3.55. The Hall–Kier alpha value is -1.75. The molecule has 0 amide bonds. The number of rotatable bonds is 4. The van der Waals surface area contributed by atoms with E-state index in [0.717, 1.165) is 30.8 Å². The number of nitrogens with one attached hydrogen (secondary N) is 1. The molecule has 1 heterocycles. The molecule has 0 aliphatic heterocycles. The fourth-order valence-electron chi connectivity index (χ4n) is 3.68. The molecular formula is C17H25N5. The second kappa shape index (κ2) is 6.16. The quantitative estimate of drug-likeness (QED) is 0.943. The van der Waals surface area contributed by atoms with E-state index >= 15 is 0 Å². The summed E-state index contributed by atoms with van der Waals surface area (Å²) in [4.78, 5) is 0. The second-order valence-corrected chi connectivity index (χ2v) is 6.24. The van der Waals surface area contributed by atoms with Gasteiger partial charge in [-0.3, -0.25) is 0 Å². The summed E-state index contributed by atoms with van der Waals surface area (Å²) in [5.74, 6) is 0.957. The molecule has 1 aliphatic rings. The highest BCUT2D eigenvalue weighted by molar-refractivity contribution is 5.47. The predicted molar refractivity (Wildman–Crippen MR) is 87.1 cm³/mol. The van der Waals surface area contributed by atoms with Gasteiger partial charge in [0.05, 0.1) is 11.2 Å². The molecular weight excluding hydrogens is 274 g/mol. The summed E-state index contributed by atoms with van der Waals surface area (Å²) >= 11 is 0. The number of hydrogen-bond acceptors (Lipinski definition) is 4. The molecule has 1 N–H and O–H groups in total. The number of aryl methyl sites for hydroxylation is 2. The Labute approximate surface area is 132 Å². The molecule has 5 heteroatoms. The normalized spacial score (nSPS) is 17.6. The van der Waals surface area contributed by atoms with Crippen LogP contribution in [0.3, 0.4) is 0 Å². The van der Waals surface area contributed by atoms with E-state index in [2.05, 4.69) is 52.9 Å². The van der Waals surface area contributed by atoms with Crippen molar-refractivity contribution in [2.45, 2.75) is 57.9 Å². The molecule has 1 saturated carbocycles. The van der Waals surface area contributed by atoms with Crippen LogP contribution >= 0.6 is 0 Å². The van der Waals surface area contributed by atoms with E-state index in [4.69, 9.17) is 0 Å². The molecule has 1 aliphatic carbocycles. The van der Waals surface area contributed by atoms with Crippen molar-refractivity contribution in [1.29, 1.82) is 0 Å². The lowest BCUT2D eigenvalue weighted by atomic mass is 9.81. The largest absolute Gasteiger partial charge is 0.308 e. The molecule has 1 fully saturated rings. The molecule has 0 radical (unpaired) electrons. The molecule has 0 bridgehead atoms. The van der Waals surface area contributed by atoms with Gasteiger partial charge in [-0.1, -0.05) is 44.4 Å². The molecule has 0 atom stereocenters. The Bertz CT molecular complexity index is 640. The van der Waals surface area contributed by atoms with Crippen LogP contribution < -0.4 is 5.32 Å². The highest BCUT2D eigenvalue weighted by Crippen LogP contribution is 2.36. The van der Waals surface area contributed by atoms with Crippen LogP contribution in [0.25, 0.3) is 5.69 Å². The third kappa shape index (κ3) is 2.43. The molecule has 5 nitrogen and oxygen atoms in total. The van der Waals surface area contributed by atoms with Gasteiger partial charge in [0, 0.05) is 0 Å². The van der Waals surface area contributed by atoms with Crippen LogP contribution in [0.4, 0.5) is 0 Å². The lowest BCUT2D eigenvalue weighted by Crippen LogP contribution is -2.44. The fourth-order valence-corrected chi connectivity index (χ4v) is 3.68. The summed E-state index contributed by atoms with van der Waals surface area (Å²) in [6, 6.07) is 6.41. The SMILES string of the molecule is CCc1cccc(C)c1-n1nnnc1C1(NC)CCCCC1. The van der Waals surface area contributed by atoms with Crippen LogP contribution in [0.5, 0.6) is 0 Å². The molecule has 118 valence electrons. The number of nitrogens with zero attached hydrogens (tertiary/aromatic N) is 4. The standard InChI is InChI=1S/C17H25N5/c1-4-14-10-8-9-13(2)15(14)22-16(19-20-21-22)17(18-3)11-6-5-7-12-17/h8-10,18H,4-7,11-12H2,1-3H3. The molecule has 3 rings (SSSR count). The Morgan fingerprint density at radius 2 is 2.00 bits per heavy atom. The maximum atomic E-state index is 4.42. The van der Waals surface area contributed by atoms with Crippen LogP contribution in [0, 0.1) is 6.92 Å². The Morgan fingerprint density at radius 1 is 1.23 bits per heavy atom. The van der Waals surface area contributed by atoms with E-state index in [1.165, 1.54) is 30.4 Å². The van der Waals surface area contributed by atoms with Crippen molar-refractivity contribution in [3.05, 3.63) is 35.2 Å². The molecule has 1 aromatic carbocycles. The Kier molecular flexibility index (Phi) is 4.25. The molecule has 0 unspecified atom stereocenters. The van der Waals surface area contributed by atoms with E-state index in [-0.39, 0.29) is 5.54 Å². The average Bonchev–Trinajstić information content (AvgIpc) is 3.05. The highest BCUT2D eigenvalue weighted by Gasteiger charge is 2.38. The van der Waals surface area contributed by atoms with Crippen molar-refractivity contribution in [2.75, 3.05) is 7.05 Å². The molecule has 0 spiro atoms. The lowest BCUT2D eigenvalue weighted by molar-refractivity contribution is 0.231. The number of hydrogen-bond donors (Lipinski definition) is 1. The van der Waals surface area contributed by atoms with Crippen molar-refractivity contribution >= 4 is 0 Å². The minimum Gasteiger partial charge on any atom is -0.308 e. The topological polar surface area (TPSA) is 55.6 Å². The van der Waals surface area contributed by atoms with Crippen molar-refractivity contribution in [1.82, 2.24) is 25.5 Å². The second-order valence-electron chi connectivity index (χ2n) is 6.24. The monoisotopic (exact) mass is 299 g/mol. The minimum atomic E-state index is -0.102. The van der Waals surface area contributed by atoms with E-state index in [1.807, 2.05) is 11.7 Å². The summed E-state index contributed by atoms with van der Waals surface area (Å²) in [6.45, 7) is 4.31. The maximum Gasteiger partial charge on any atom is 0.176 e. The van der Waals surface area contributed by atoms with Crippen LogP contribution in [0.2, 0.25) is 0 Å². The zero-order valence-electron chi connectivity index (χ0n) is 13.8. The lowest BCUT2D eigenvalue weighted by Gasteiger charge is -2.35. The van der Waals surface area contributed by atoms with Gasteiger partial charge in [-0.25, -0.2) is 0 Å².